The highest BCUT2D eigenvalue weighted by Crippen LogP contribution is 2.23. The van der Waals surface area contributed by atoms with Crippen molar-refractivity contribution in [1.29, 1.82) is 0 Å². The molecule has 20 heavy (non-hydrogen) atoms. The number of halogens is 1. The van der Waals surface area contributed by atoms with Crippen molar-refractivity contribution in [2.75, 3.05) is 6.26 Å². The molecule has 0 bridgehead atoms. The molecule has 0 aromatic heterocycles. The fourth-order valence-electron chi connectivity index (χ4n) is 2.06. The summed E-state index contributed by atoms with van der Waals surface area (Å²) < 4.78 is 13.8. The number of hydrogen-bond donors (Lipinski definition) is 2. The molecule has 2 N–H and O–H groups in total. The number of carbonyl (C=O) groups is 1. The average molecular weight is 299 g/mol. The van der Waals surface area contributed by atoms with E-state index in [4.69, 9.17) is 0 Å². The number of thioether (sulfide) groups is 1. The van der Waals surface area contributed by atoms with E-state index in [9.17, 15) is 14.3 Å². The van der Waals surface area contributed by atoms with Gasteiger partial charge in [-0.25, -0.2) is 4.39 Å². The molecule has 1 aromatic carbocycles. The number of carboxylic acid groups (broad SMARTS) is 1. The van der Waals surface area contributed by atoms with E-state index in [1.807, 2.05) is 33.1 Å². The molecular weight excluding hydrogens is 277 g/mol. The van der Waals surface area contributed by atoms with E-state index < -0.39 is 12.0 Å². The van der Waals surface area contributed by atoms with Crippen LogP contribution in [0.3, 0.4) is 0 Å². The van der Waals surface area contributed by atoms with Crippen LogP contribution in [0.15, 0.2) is 23.1 Å². The van der Waals surface area contributed by atoms with Gasteiger partial charge in [-0.1, -0.05) is 19.9 Å². The van der Waals surface area contributed by atoms with Crippen LogP contribution in [0.5, 0.6) is 0 Å². The van der Waals surface area contributed by atoms with Crippen molar-refractivity contribution >= 4 is 17.7 Å². The molecule has 0 aliphatic rings. The van der Waals surface area contributed by atoms with Crippen molar-refractivity contribution in [3.05, 3.63) is 29.6 Å². The van der Waals surface area contributed by atoms with Crippen LogP contribution in [0.1, 0.15) is 38.8 Å². The van der Waals surface area contributed by atoms with Gasteiger partial charge in [-0.2, -0.15) is 0 Å². The summed E-state index contributed by atoms with van der Waals surface area (Å²) in [6, 6.07) is 4.21. The number of carboxylic acids is 1. The average Bonchev–Trinajstić information content (AvgIpc) is 2.37. The molecule has 3 nitrogen and oxygen atoms in total. The van der Waals surface area contributed by atoms with E-state index in [0.29, 0.717) is 11.3 Å². The van der Waals surface area contributed by atoms with Crippen LogP contribution in [-0.4, -0.2) is 23.4 Å². The van der Waals surface area contributed by atoms with Crippen molar-refractivity contribution in [2.45, 2.75) is 44.2 Å². The van der Waals surface area contributed by atoms with Crippen LogP contribution < -0.4 is 5.32 Å². The number of hydrogen-bond acceptors (Lipinski definition) is 3. The number of aliphatic carboxylic acids is 1. The summed E-state index contributed by atoms with van der Waals surface area (Å²) in [6.45, 7) is 5.81. The Morgan fingerprint density at radius 1 is 1.40 bits per heavy atom. The van der Waals surface area contributed by atoms with Gasteiger partial charge in [-0.05, 0) is 43.2 Å². The zero-order valence-corrected chi connectivity index (χ0v) is 13.1. The summed E-state index contributed by atoms with van der Waals surface area (Å²) in [5.74, 6) is -0.849. The van der Waals surface area contributed by atoms with Crippen LogP contribution in [0.2, 0.25) is 0 Å². The quantitative estimate of drug-likeness (QED) is 0.754. The van der Waals surface area contributed by atoms with Crippen LogP contribution in [-0.2, 0) is 4.79 Å². The molecule has 0 heterocycles. The van der Waals surface area contributed by atoms with Gasteiger partial charge in [-0.15, -0.1) is 11.8 Å². The number of rotatable bonds is 7. The minimum Gasteiger partial charge on any atom is -0.480 e. The molecule has 0 amide bonds. The Balaban J connectivity index is 2.80. The third-order valence-corrected chi connectivity index (χ3v) is 3.90. The molecule has 112 valence electrons. The number of nitrogens with one attached hydrogen (secondary N) is 1. The van der Waals surface area contributed by atoms with Gasteiger partial charge in [0, 0.05) is 10.9 Å². The summed E-state index contributed by atoms with van der Waals surface area (Å²) in [4.78, 5) is 11.8. The minimum atomic E-state index is -0.869. The molecule has 1 unspecified atom stereocenters. The fraction of sp³-hybridized carbons (Fsp3) is 0.533. The smallest absolute Gasteiger partial charge is 0.320 e. The lowest BCUT2D eigenvalue weighted by atomic mass is 10.0. The van der Waals surface area contributed by atoms with Gasteiger partial charge < -0.3 is 5.11 Å². The SMILES string of the molecule is CSc1ccc(C(C)N[C@H](CC(C)C)C(=O)O)cc1F. The predicted octanol–water partition coefficient (Wildman–Crippen LogP) is 3.70. The molecule has 0 saturated heterocycles. The first kappa shape index (κ1) is 17.0. The summed E-state index contributed by atoms with van der Waals surface area (Å²) in [6.07, 6.45) is 2.37. The molecule has 0 spiro atoms. The van der Waals surface area contributed by atoms with Gasteiger partial charge >= 0.3 is 5.97 Å². The second kappa shape index (κ2) is 7.64. The first-order valence-corrected chi connectivity index (χ1v) is 7.90. The third kappa shape index (κ3) is 4.80. The van der Waals surface area contributed by atoms with Gasteiger partial charge in [0.1, 0.15) is 11.9 Å². The summed E-state index contributed by atoms with van der Waals surface area (Å²) in [5, 5.41) is 12.3. The molecule has 5 heteroatoms. The van der Waals surface area contributed by atoms with Crippen LogP contribution in [0.4, 0.5) is 4.39 Å². The summed E-state index contributed by atoms with van der Waals surface area (Å²) >= 11 is 1.35. The van der Waals surface area contributed by atoms with Gasteiger partial charge in [0.05, 0.1) is 0 Å². The monoisotopic (exact) mass is 299 g/mol. The van der Waals surface area contributed by atoms with E-state index in [0.717, 1.165) is 5.56 Å². The Morgan fingerprint density at radius 3 is 2.50 bits per heavy atom. The van der Waals surface area contributed by atoms with Crippen LogP contribution in [0, 0.1) is 11.7 Å². The second-order valence-electron chi connectivity index (χ2n) is 5.30. The van der Waals surface area contributed by atoms with E-state index >= 15 is 0 Å². The lowest BCUT2D eigenvalue weighted by Crippen LogP contribution is -2.39. The van der Waals surface area contributed by atoms with E-state index in [-0.39, 0.29) is 17.8 Å². The molecular formula is C15H22FNO2S. The highest BCUT2D eigenvalue weighted by atomic mass is 32.2. The zero-order chi connectivity index (χ0) is 15.3. The second-order valence-corrected chi connectivity index (χ2v) is 6.15. The maximum Gasteiger partial charge on any atom is 0.320 e. The Bertz CT molecular complexity index is 465. The zero-order valence-electron chi connectivity index (χ0n) is 12.3. The molecule has 0 radical (unpaired) electrons. The fourth-order valence-corrected chi connectivity index (χ4v) is 2.52. The van der Waals surface area contributed by atoms with Gasteiger partial charge in [0.25, 0.3) is 0 Å². The van der Waals surface area contributed by atoms with Crippen molar-refractivity contribution in [3.8, 4) is 0 Å². The Labute approximate surface area is 124 Å². The predicted molar refractivity (Wildman–Crippen MR) is 80.6 cm³/mol. The van der Waals surface area contributed by atoms with Gasteiger partial charge in [0.2, 0.25) is 0 Å². The maximum absolute atomic E-state index is 13.8. The lowest BCUT2D eigenvalue weighted by molar-refractivity contribution is -0.140. The van der Waals surface area contributed by atoms with Crippen molar-refractivity contribution < 1.29 is 14.3 Å². The molecule has 0 fully saturated rings. The summed E-state index contributed by atoms with van der Waals surface area (Å²) in [7, 11) is 0. The van der Waals surface area contributed by atoms with Gasteiger partial charge in [-0.3, -0.25) is 10.1 Å². The van der Waals surface area contributed by atoms with Crippen LogP contribution >= 0.6 is 11.8 Å². The van der Waals surface area contributed by atoms with E-state index in [1.165, 1.54) is 17.8 Å². The topological polar surface area (TPSA) is 49.3 Å². The molecule has 0 saturated carbocycles. The van der Waals surface area contributed by atoms with E-state index in [2.05, 4.69) is 5.32 Å². The first-order valence-electron chi connectivity index (χ1n) is 6.67. The first-order chi connectivity index (χ1) is 9.35. The molecule has 2 atom stereocenters. The largest absolute Gasteiger partial charge is 0.480 e. The molecule has 1 rings (SSSR count). The Hall–Kier alpha value is -1.07. The highest BCUT2D eigenvalue weighted by Gasteiger charge is 2.21. The lowest BCUT2D eigenvalue weighted by Gasteiger charge is -2.22. The molecule has 1 aromatic rings. The summed E-state index contributed by atoms with van der Waals surface area (Å²) in [5.41, 5.74) is 0.760. The van der Waals surface area contributed by atoms with Crippen molar-refractivity contribution in [3.63, 3.8) is 0 Å². The molecule has 0 aliphatic carbocycles. The van der Waals surface area contributed by atoms with Gasteiger partial charge in [0.15, 0.2) is 0 Å². The van der Waals surface area contributed by atoms with E-state index in [1.54, 1.807) is 6.07 Å². The number of benzene rings is 1. The van der Waals surface area contributed by atoms with Crippen LogP contribution in [0.25, 0.3) is 0 Å². The van der Waals surface area contributed by atoms with Crippen molar-refractivity contribution in [1.82, 2.24) is 5.32 Å². The Morgan fingerprint density at radius 2 is 2.05 bits per heavy atom. The van der Waals surface area contributed by atoms with Crippen molar-refractivity contribution in [2.24, 2.45) is 5.92 Å². The standard InChI is InChI=1S/C15H22FNO2S/c1-9(2)7-13(15(18)19)17-10(3)11-5-6-14(20-4)12(16)8-11/h5-6,8-10,13,17H,7H2,1-4H3,(H,18,19)/t10?,13-/m1/s1. The highest BCUT2D eigenvalue weighted by molar-refractivity contribution is 7.98. The Kier molecular flexibility index (Phi) is 6.49. The minimum absolute atomic E-state index is 0.208. The normalized spacial score (nSPS) is 14.3. The third-order valence-electron chi connectivity index (χ3n) is 3.13. The molecule has 0 aliphatic heterocycles. The maximum atomic E-state index is 13.8.